The minimum atomic E-state index is -0.932. The first-order valence-electron chi connectivity index (χ1n) is 14.0. The van der Waals surface area contributed by atoms with Crippen LogP contribution in [0.5, 0.6) is 11.5 Å². The summed E-state index contributed by atoms with van der Waals surface area (Å²) in [4.78, 5) is 43.5. The van der Waals surface area contributed by atoms with Crippen LogP contribution in [-0.4, -0.2) is 66.9 Å². The van der Waals surface area contributed by atoms with Crippen LogP contribution in [-0.2, 0) is 27.2 Å². The van der Waals surface area contributed by atoms with E-state index >= 15 is 0 Å². The molecule has 9 nitrogen and oxygen atoms in total. The highest BCUT2D eigenvalue weighted by molar-refractivity contribution is 6.30. The number of rotatable bonds is 10. The third-order valence-electron chi connectivity index (χ3n) is 6.99. The number of carbonyl (C=O) groups excluding carboxylic acids is 3. The second kappa shape index (κ2) is 13.8. The number of cyclic esters (lactones) is 1. The average molecular weight is 609 g/mol. The van der Waals surface area contributed by atoms with Crippen LogP contribution in [0.15, 0.2) is 72.8 Å². The molecule has 1 aliphatic rings. The molecule has 3 aromatic rings. The molecule has 228 valence electrons. The molecule has 4 rings (SSSR count). The van der Waals surface area contributed by atoms with Gasteiger partial charge in [-0.1, -0.05) is 54.1 Å². The Labute approximate surface area is 257 Å². The quantitative estimate of drug-likeness (QED) is 0.260. The summed E-state index contributed by atoms with van der Waals surface area (Å²) in [6.45, 7) is 5.36. The molecule has 0 spiro atoms. The maximum Gasteiger partial charge on any atom is 0.417 e. The number of hydrogen-bond acceptors (Lipinski definition) is 7. The summed E-state index contributed by atoms with van der Waals surface area (Å²) in [5.41, 5.74) is 1.44. The molecule has 1 heterocycles. The highest BCUT2D eigenvalue weighted by Crippen LogP contribution is 2.30. The summed E-state index contributed by atoms with van der Waals surface area (Å²) in [6.07, 6.45) is -0.905. The fourth-order valence-electron chi connectivity index (χ4n) is 4.89. The van der Waals surface area contributed by atoms with E-state index in [2.05, 4.69) is 0 Å². The lowest BCUT2D eigenvalue weighted by molar-refractivity contribution is -0.131. The smallest absolute Gasteiger partial charge is 0.417 e. The van der Waals surface area contributed by atoms with E-state index in [1.807, 2.05) is 30.3 Å². The first-order valence-corrected chi connectivity index (χ1v) is 14.3. The second-order valence-electron chi connectivity index (χ2n) is 11.3. The maximum absolute atomic E-state index is 14.3. The van der Waals surface area contributed by atoms with Crippen LogP contribution in [0.1, 0.15) is 43.4 Å². The Morgan fingerprint density at radius 2 is 1.72 bits per heavy atom. The van der Waals surface area contributed by atoms with E-state index < -0.39 is 35.7 Å². The molecule has 1 aliphatic heterocycles. The zero-order valence-corrected chi connectivity index (χ0v) is 25.8. The lowest BCUT2D eigenvalue weighted by atomic mass is 9.95. The Morgan fingerprint density at radius 3 is 2.35 bits per heavy atom. The summed E-state index contributed by atoms with van der Waals surface area (Å²) in [6, 6.07) is 21.2. The lowest BCUT2D eigenvalue weighted by Crippen LogP contribution is -2.47. The Hall–Kier alpha value is -4.24. The van der Waals surface area contributed by atoms with Crippen molar-refractivity contribution in [3.8, 4) is 11.5 Å². The zero-order chi connectivity index (χ0) is 31.1. The molecule has 0 N–H and O–H groups in total. The molecule has 0 bridgehead atoms. The molecule has 2 atom stereocenters. The van der Waals surface area contributed by atoms with Gasteiger partial charge in [0.15, 0.2) is 0 Å². The summed E-state index contributed by atoms with van der Waals surface area (Å²) in [5.74, 6) is -0.317. The van der Waals surface area contributed by atoms with Crippen molar-refractivity contribution in [2.45, 2.75) is 51.3 Å². The summed E-state index contributed by atoms with van der Waals surface area (Å²) in [7, 11) is 3.08. The van der Waals surface area contributed by atoms with Gasteiger partial charge in [0.25, 0.3) is 0 Å². The highest BCUT2D eigenvalue weighted by atomic mass is 35.5. The van der Waals surface area contributed by atoms with E-state index in [9.17, 15) is 14.4 Å². The van der Waals surface area contributed by atoms with Crippen LogP contribution in [0.3, 0.4) is 0 Å². The van der Waals surface area contributed by atoms with E-state index in [1.54, 1.807) is 70.3 Å². The number of amides is 3. The van der Waals surface area contributed by atoms with Gasteiger partial charge >= 0.3 is 12.2 Å². The minimum absolute atomic E-state index is 0.0668. The Bertz CT molecular complexity index is 1420. The Balaban J connectivity index is 1.71. The molecular formula is C33H37ClN2O7. The number of halogens is 1. The third-order valence-corrected chi connectivity index (χ3v) is 7.25. The molecule has 2 unspecified atom stereocenters. The number of imide groups is 1. The van der Waals surface area contributed by atoms with E-state index in [1.165, 1.54) is 16.9 Å². The lowest BCUT2D eigenvalue weighted by Gasteiger charge is -2.32. The number of ether oxygens (including phenoxy) is 4. The first-order chi connectivity index (χ1) is 20.5. The van der Waals surface area contributed by atoms with Crippen LogP contribution < -0.4 is 9.47 Å². The van der Waals surface area contributed by atoms with Gasteiger partial charge in [0.2, 0.25) is 5.91 Å². The molecule has 0 aromatic heterocycles. The Morgan fingerprint density at radius 1 is 1.02 bits per heavy atom. The van der Waals surface area contributed by atoms with Crippen molar-refractivity contribution in [2.75, 3.05) is 27.4 Å². The maximum atomic E-state index is 14.3. The number of hydrogen-bond donors (Lipinski definition) is 0. The first kappa shape index (κ1) is 31.7. The number of methoxy groups -OCH3 is 2. The van der Waals surface area contributed by atoms with Gasteiger partial charge in [0.05, 0.1) is 32.7 Å². The zero-order valence-electron chi connectivity index (χ0n) is 25.0. The highest BCUT2D eigenvalue weighted by Gasteiger charge is 2.42. The van der Waals surface area contributed by atoms with E-state index in [-0.39, 0.29) is 19.7 Å². The summed E-state index contributed by atoms with van der Waals surface area (Å²) >= 11 is 6.18. The SMILES string of the molecule is COc1ccc(CN(CC(C(=O)N2C(=O)OCC2Cc2ccccc2)c2ccc(Cl)cc2)C(=O)OC(C)(C)C)c(OC)c1. The number of nitrogens with zero attached hydrogens (tertiary/aromatic N) is 2. The second-order valence-corrected chi connectivity index (χ2v) is 11.7. The normalized spacial score (nSPS) is 15.4. The van der Waals surface area contributed by atoms with Crippen molar-refractivity contribution in [1.82, 2.24) is 9.80 Å². The van der Waals surface area contributed by atoms with Gasteiger partial charge in [-0.15, -0.1) is 0 Å². The van der Waals surface area contributed by atoms with Crippen molar-refractivity contribution >= 4 is 29.7 Å². The predicted molar refractivity (Wildman–Crippen MR) is 163 cm³/mol. The van der Waals surface area contributed by atoms with Crippen molar-refractivity contribution in [2.24, 2.45) is 0 Å². The van der Waals surface area contributed by atoms with Crippen LogP contribution in [0.2, 0.25) is 5.02 Å². The molecule has 3 aromatic carbocycles. The standard InChI is InChI=1S/C33H37ClN2O7/c1-33(2,3)43-31(38)35(19-24-13-16-27(40-4)18-29(24)41-5)20-28(23-11-14-25(34)15-12-23)30(37)36-26(21-42-32(36)39)17-22-9-7-6-8-10-22/h6-16,18,26,28H,17,19-21H2,1-5H3. The van der Waals surface area contributed by atoms with Gasteiger partial charge in [-0.05, 0) is 62.6 Å². The van der Waals surface area contributed by atoms with Gasteiger partial charge in [0.1, 0.15) is 23.7 Å². The molecular weight excluding hydrogens is 572 g/mol. The topological polar surface area (TPSA) is 94.6 Å². The van der Waals surface area contributed by atoms with Crippen LogP contribution in [0.4, 0.5) is 9.59 Å². The molecule has 0 aliphatic carbocycles. The van der Waals surface area contributed by atoms with Crippen molar-refractivity contribution in [1.29, 1.82) is 0 Å². The Kier molecular flexibility index (Phi) is 10.2. The molecule has 10 heteroatoms. The van der Waals surface area contributed by atoms with E-state index in [0.29, 0.717) is 34.1 Å². The van der Waals surface area contributed by atoms with Crippen LogP contribution >= 0.6 is 11.6 Å². The average Bonchev–Trinajstić information content (AvgIpc) is 3.34. The predicted octanol–water partition coefficient (Wildman–Crippen LogP) is 6.47. The fraction of sp³-hybridized carbons (Fsp3) is 0.364. The van der Waals surface area contributed by atoms with Crippen LogP contribution in [0.25, 0.3) is 0 Å². The summed E-state index contributed by atoms with van der Waals surface area (Å²) < 4.78 is 22.0. The molecule has 0 saturated carbocycles. The molecule has 1 saturated heterocycles. The fourth-order valence-corrected chi connectivity index (χ4v) is 5.02. The summed E-state index contributed by atoms with van der Waals surface area (Å²) in [5, 5.41) is 0.490. The van der Waals surface area contributed by atoms with Gasteiger partial charge < -0.3 is 23.8 Å². The number of carbonyl (C=O) groups is 3. The molecule has 0 radical (unpaired) electrons. The van der Waals surface area contributed by atoms with E-state index in [0.717, 1.165) is 5.56 Å². The third kappa shape index (κ3) is 8.20. The van der Waals surface area contributed by atoms with Crippen molar-refractivity contribution < 1.29 is 33.3 Å². The largest absolute Gasteiger partial charge is 0.497 e. The molecule has 3 amide bonds. The molecule has 1 fully saturated rings. The van der Waals surface area contributed by atoms with E-state index in [4.69, 9.17) is 30.5 Å². The van der Waals surface area contributed by atoms with Gasteiger partial charge in [-0.25, -0.2) is 14.5 Å². The monoisotopic (exact) mass is 608 g/mol. The van der Waals surface area contributed by atoms with Gasteiger partial charge in [-0.2, -0.15) is 0 Å². The van der Waals surface area contributed by atoms with Gasteiger partial charge in [0, 0.05) is 23.2 Å². The van der Waals surface area contributed by atoms with Gasteiger partial charge in [-0.3, -0.25) is 4.79 Å². The molecule has 43 heavy (non-hydrogen) atoms. The van der Waals surface area contributed by atoms with Crippen molar-refractivity contribution in [3.05, 3.63) is 94.5 Å². The number of benzene rings is 3. The minimum Gasteiger partial charge on any atom is -0.497 e. The van der Waals surface area contributed by atoms with Crippen LogP contribution in [0, 0.1) is 0 Å². The van der Waals surface area contributed by atoms with Crippen molar-refractivity contribution in [3.63, 3.8) is 0 Å².